The summed E-state index contributed by atoms with van der Waals surface area (Å²) in [6.45, 7) is 7.80. The molecule has 4 nitrogen and oxygen atoms in total. The quantitative estimate of drug-likeness (QED) is 0.749. The van der Waals surface area contributed by atoms with Crippen LogP contribution in [0.2, 0.25) is 0 Å². The molecule has 0 spiro atoms. The SMILES string of the molecule is CC.Cc1cnn(C(C)C(=O)N(C)C)c1. The van der Waals surface area contributed by atoms with Gasteiger partial charge in [-0.2, -0.15) is 5.10 Å². The highest BCUT2D eigenvalue weighted by Crippen LogP contribution is 2.07. The van der Waals surface area contributed by atoms with Gasteiger partial charge in [-0.1, -0.05) is 13.8 Å². The fourth-order valence-electron chi connectivity index (χ4n) is 1.13. The van der Waals surface area contributed by atoms with E-state index < -0.39 is 0 Å². The number of rotatable bonds is 2. The van der Waals surface area contributed by atoms with Gasteiger partial charge < -0.3 is 4.90 Å². The van der Waals surface area contributed by atoms with Crippen molar-refractivity contribution in [3.63, 3.8) is 0 Å². The zero-order valence-electron chi connectivity index (χ0n) is 10.5. The molecule has 0 radical (unpaired) electrons. The molecule has 1 rings (SSSR count). The van der Waals surface area contributed by atoms with Crippen LogP contribution in [-0.2, 0) is 4.79 Å². The topological polar surface area (TPSA) is 38.1 Å². The molecule has 1 unspecified atom stereocenters. The van der Waals surface area contributed by atoms with Crippen LogP contribution in [0.1, 0.15) is 32.4 Å². The summed E-state index contributed by atoms with van der Waals surface area (Å²) in [5.41, 5.74) is 1.07. The van der Waals surface area contributed by atoms with E-state index in [2.05, 4.69) is 5.10 Å². The van der Waals surface area contributed by atoms with Crippen molar-refractivity contribution in [2.45, 2.75) is 33.7 Å². The smallest absolute Gasteiger partial charge is 0.246 e. The standard InChI is InChI=1S/C9H15N3O.C2H6/c1-7-5-10-12(6-7)8(2)9(13)11(3)4;1-2/h5-6,8H,1-4H3;1-2H3. The maximum atomic E-state index is 11.5. The highest BCUT2D eigenvalue weighted by molar-refractivity contribution is 5.79. The van der Waals surface area contributed by atoms with Crippen molar-refractivity contribution in [2.75, 3.05) is 14.1 Å². The maximum Gasteiger partial charge on any atom is 0.246 e. The largest absolute Gasteiger partial charge is 0.347 e. The second-order valence-corrected chi connectivity index (χ2v) is 3.41. The highest BCUT2D eigenvalue weighted by Gasteiger charge is 2.16. The minimum atomic E-state index is -0.219. The molecule has 0 aliphatic carbocycles. The van der Waals surface area contributed by atoms with Crippen LogP contribution in [-0.4, -0.2) is 34.7 Å². The summed E-state index contributed by atoms with van der Waals surface area (Å²) in [6.07, 6.45) is 3.62. The van der Waals surface area contributed by atoms with Crippen LogP contribution in [0.15, 0.2) is 12.4 Å². The molecule has 0 saturated heterocycles. The van der Waals surface area contributed by atoms with Crippen LogP contribution in [0.25, 0.3) is 0 Å². The molecule has 15 heavy (non-hydrogen) atoms. The Kier molecular flexibility index (Phi) is 5.67. The number of carbonyl (C=O) groups excluding carboxylic acids is 1. The summed E-state index contributed by atoms with van der Waals surface area (Å²) in [4.78, 5) is 13.1. The van der Waals surface area contributed by atoms with Crippen LogP contribution in [0, 0.1) is 6.92 Å². The Balaban J connectivity index is 0.000000921. The second-order valence-electron chi connectivity index (χ2n) is 3.41. The molecule has 1 atom stereocenters. The third-order valence-corrected chi connectivity index (χ3v) is 1.93. The predicted molar refractivity (Wildman–Crippen MR) is 61.7 cm³/mol. The summed E-state index contributed by atoms with van der Waals surface area (Å²) in [6, 6.07) is -0.219. The Labute approximate surface area is 91.9 Å². The van der Waals surface area contributed by atoms with E-state index in [-0.39, 0.29) is 11.9 Å². The summed E-state index contributed by atoms with van der Waals surface area (Å²) in [7, 11) is 3.49. The first-order valence-electron chi connectivity index (χ1n) is 5.24. The molecular weight excluding hydrogens is 190 g/mol. The Morgan fingerprint density at radius 2 is 2.00 bits per heavy atom. The number of nitrogens with zero attached hydrogens (tertiary/aromatic N) is 3. The van der Waals surface area contributed by atoms with Crippen LogP contribution in [0.5, 0.6) is 0 Å². The fraction of sp³-hybridized carbons (Fsp3) is 0.636. The van der Waals surface area contributed by atoms with E-state index in [1.165, 1.54) is 0 Å². The number of carbonyl (C=O) groups is 1. The first-order valence-corrected chi connectivity index (χ1v) is 5.24. The van der Waals surface area contributed by atoms with Crippen LogP contribution in [0.3, 0.4) is 0 Å². The number of hydrogen-bond acceptors (Lipinski definition) is 2. The first kappa shape index (κ1) is 13.7. The lowest BCUT2D eigenvalue weighted by Crippen LogP contribution is -2.30. The Morgan fingerprint density at radius 1 is 1.47 bits per heavy atom. The lowest BCUT2D eigenvalue weighted by molar-refractivity contribution is -0.131. The molecule has 1 heterocycles. The zero-order valence-corrected chi connectivity index (χ0v) is 10.5. The molecule has 0 bridgehead atoms. The Bertz CT molecular complexity index is 305. The van der Waals surface area contributed by atoms with Gasteiger partial charge in [0.15, 0.2) is 0 Å². The van der Waals surface area contributed by atoms with E-state index in [9.17, 15) is 4.79 Å². The molecule has 0 fully saturated rings. The van der Waals surface area contributed by atoms with Crippen molar-refractivity contribution in [1.29, 1.82) is 0 Å². The van der Waals surface area contributed by atoms with Gasteiger partial charge in [-0.15, -0.1) is 0 Å². The predicted octanol–water partition coefficient (Wildman–Crippen LogP) is 1.87. The lowest BCUT2D eigenvalue weighted by atomic mass is 10.3. The molecular formula is C11H21N3O. The summed E-state index contributed by atoms with van der Waals surface area (Å²) >= 11 is 0. The van der Waals surface area contributed by atoms with Crippen molar-refractivity contribution in [3.8, 4) is 0 Å². The molecule has 86 valence electrons. The Hall–Kier alpha value is -1.32. The second kappa shape index (κ2) is 6.22. The van der Waals surface area contributed by atoms with E-state index in [1.54, 1.807) is 29.9 Å². The van der Waals surface area contributed by atoms with Gasteiger partial charge in [-0.05, 0) is 19.4 Å². The van der Waals surface area contributed by atoms with Crippen molar-refractivity contribution >= 4 is 5.91 Å². The van der Waals surface area contributed by atoms with Gasteiger partial charge in [-0.25, -0.2) is 0 Å². The van der Waals surface area contributed by atoms with E-state index in [0.29, 0.717) is 0 Å². The average molecular weight is 211 g/mol. The summed E-state index contributed by atoms with van der Waals surface area (Å²) in [5, 5.41) is 4.09. The van der Waals surface area contributed by atoms with Crippen LogP contribution >= 0.6 is 0 Å². The number of amides is 1. The van der Waals surface area contributed by atoms with Gasteiger partial charge in [0.1, 0.15) is 6.04 Å². The molecule has 0 saturated carbocycles. The summed E-state index contributed by atoms with van der Waals surface area (Å²) < 4.78 is 1.68. The third kappa shape index (κ3) is 3.73. The van der Waals surface area contributed by atoms with E-state index in [0.717, 1.165) is 5.56 Å². The van der Waals surface area contributed by atoms with E-state index in [1.807, 2.05) is 33.9 Å². The van der Waals surface area contributed by atoms with Gasteiger partial charge in [0.05, 0.1) is 6.20 Å². The maximum absolute atomic E-state index is 11.5. The van der Waals surface area contributed by atoms with Gasteiger partial charge in [0.25, 0.3) is 0 Å². The van der Waals surface area contributed by atoms with Gasteiger partial charge in [-0.3, -0.25) is 9.48 Å². The van der Waals surface area contributed by atoms with Gasteiger partial charge >= 0.3 is 0 Å². The van der Waals surface area contributed by atoms with Gasteiger partial charge in [0, 0.05) is 20.3 Å². The van der Waals surface area contributed by atoms with Crippen LogP contribution in [0.4, 0.5) is 0 Å². The molecule has 0 N–H and O–H groups in total. The molecule has 0 aliphatic rings. The highest BCUT2D eigenvalue weighted by atomic mass is 16.2. The number of aromatic nitrogens is 2. The number of hydrogen-bond donors (Lipinski definition) is 0. The fourth-order valence-corrected chi connectivity index (χ4v) is 1.13. The number of likely N-dealkylation sites (N-methyl/N-ethyl adjacent to an activating group) is 1. The molecule has 1 aromatic heterocycles. The molecule has 4 heteroatoms. The van der Waals surface area contributed by atoms with E-state index >= 15 is 0 Å². The molecule has 0 aromatic carbocycles. The monoisotopic (exact) mass is 211 g/mol. The number of aryl methyl sites for hydroxylation is 1. The minimum absolute atomic E-state index is 0.0584. The van der Waals surface area contributed by atoms with Crippen molar-refractivity contribution in [3.05, 3.63) is 18.0 Å². The molecule has 0 aliphatic heterocycles. The summed E-state index contributed by atoms with van der Waals surface area (Å²) in [5.74, 6) is 0.0584. The van der Waals surface area contributed by atoms with Gasteiger partial charge in [0.2, 0.25) is 5.91 Å². The lowest BCUT2D eigenvalue weighted by Gasteiger charge is -2.16. The minimum Gasteiger partial charge on any atom is -0.347 e. The first-order chi connectivity index (χ1) is 7.02. The van der Waals surface area contributed by atoms with Crippen LogP contribution < -0.4 is 0 Å². The third-order valence-electron chi connectivity index (χ3n) is 1.93. The normalized spacial score (nSPS) is 11.3. The molecule has 1 aromatic rings. The van der Waals surface area contributed by atoms with E-state index in [4.69, 9.17) is 0 Å². The average Bonchev–Trinajstić information content (AvgIpc) is 2.65. The van der Waals surface area contributed by atoms with Crippen molar-refractivity contribution in [1.82, 2.24) is 14.7 Å². The Morgan fingerprint density at radius 3 is 2.33 bits per heavy atom. The zero-order chi connectivity index (χ0) is 12.0. The van der Waals surface area contributed by atoms with Crippen molar-refractivity contribution < 1.29 is 4.79 Å². The van der Waals surface area contributed by atoms with Crippen molar-refractivity contribution in [2.24, 2.45) is 0 Å². The molecule has 1 amide bonds.